The summed E-state index contributed by atoms with van der Waals surface area (Å²) in [6, 6.07) is 159. The van der Waals surface area contributed by atoms with Gasteiger partial charge in [0.2, 0.25) is 0 Å². The molecule has 0 saturated carbocycles. The van der Waals surface area contributed by atoms with Crippen LogP contribution in [0.5, 0.6) is 0 Å². The SMILES string of the molecule is c1ccc(-c2ccc(-n3c4ccc5c6ccccc6oc5c4c4ccc5c(c6ccccc6n5-c5ccc(-c6ccc7c8ccccc8c8ccccc8c7c6)cc5)c43)cc2)cc1.c1ccc(-c2ccc(-n3c4ccccc4c4c3ccc3c5c6oc7ccccc7c6ccc5n(-c5ccc(-c6ccc7c8ccccc8c8ccccc8c7c6)cc5)c34)cc2)cc1. The molecule has 0 radical (unpaired) electrons. The van der Waals surface area contributed by atoms with Gasteiger partial charge in [0, 0.05) is 76.6 Å². The van der Waals surface area contributed by atoms with Crippen molar-refractivity contribution in [2.75, 3.05) is 0 Å². The first-order valence-corrected chi connectivity index (χ1v) is 43.3. The lowest BCUT2D eigenvalue weighted by Gasteiger charge is -2.13. The standard InChI is InChI=1S/2C60H36N2O/c1-2-12-37(13-3-1)38-22-29-42(30-23-38)62-55-34-32-49-48-18-9-11-21-56(48)63-60(49)58(55)51-33-35-54-57(59(51)62)50-19-8-10-20-53(50)61(54)41-27-24-39(25-28-41)40-26-31-47-45-16-5-4-14-43(45)44-15-6-7-17-46(44)52(47)36-40;1-2-12-37(13-3-1)38-22-27-41(28-23-38)61-53-20-10-8-19-50(53)57-54(61)35-33-51-58-55(34-32-49-48-18-9-11-21-56(48)63-60(49)58)62(59(51)57)42-29-24-39(25-30-42)40-26-31-47-45-16-5-4-14-43(45)44-15-6-7-17-46(44)52(47)36-40/h2*1-36H. The average Bonchev–Trinajstić information content (AvgIpc) is 1.53. The molecule has 0 atom stereocenters. The van der Waals surface area contributed by atoms with E-state index in [0.717, 1.165) is 99.5 Å². The third kappa shape index (κ3) is 10.4. The minimum absolute atomic E-state index is 0.901. The van der Waals surface area contributed by atoms with E-state index in [1.54, 1.807) is 0 Å². The third-order valence-electron chi connectivity index (χ3n) is 27.0. The lowest BCUT2D eigenvalue weighted by molar-refractivity contribution is 0.672. The summed E-state index contributed by atoms with van der Waals surface area (Å²) in [5.74, 6) is 0. The van der Waals surface area contributed by atoms with Gasteiger partial charge in [0.1, 0.15) is 22.3 Å². The Morgan fingerprint density at radius 3 is 0.722 bits per heavy atom. The van der Waals surface area contributed by atoms with E-state index < -0.39 is 0 Å². The third-order valence-corrected chi connectivity index (χ3v) is 27.0. The van der Waals surface area contributed by atoms with Crippen LogP contribution < -0.4 is 0 Å². The van der Waals surface area contributed by atoms with Gasteiger partial charge in [-0.3, -0.25) is 0 Å². The molecule has 0 amide bonds. The van der Waals surface area contributed by atoms with Crippen LogP contribution in [0.25, 0.3) is 263 Å². The van der Waals surface area contributed by atoms with Crippen LogP contribution >= 0.6 is 0 Å². The maximum Gasteiger partial charge on any atom is 0.145 e. The van der Waals surface area contributed by atoms with E-state index in [0.29, 0.717) is 0 Å². The number of rotatable bonds is 8. The van der Waals surface area contributed by atoms with Gasteiger partial charge in [0.05, 0.1) is 54.9 Å². The molecule has 6 heterocycles. The molecule has 6 heteroatoms. The van der Waals surface area contributed by atoms with E-state index in [1.165, 1.54) is 164 Å². The van der Waals surface area contributed by atoms with Crippen LogP contribution in [-0.2, 0) is 0 Å². The Hall–Kier alpha value is -16.8. The van der Waals surface area contributed by atoms with E-state index in [9.17, 15) is 0 Å². The highest BCUT2D eigenvalue weighted by Crippen LogP contribution is 2.50. The Morgan fingerprint density at radius 1 is 0.135 bits per heavy atom. The number of fused-ring (bicyclic) bond motifs is 34. The summed E-state index contributed by atoms with van der Waals surface area (Å²) in [4.78, 5) is 0. The smallest absolute Gasteiger partial charge is 0.145 e. The molecule has 6 aromatic heterocycles. The number of hydrogen-bond donors (Lipinski definition) is 0. The van der Waals surface area contributed by atoms with Gasteiger partial charge >= 0.3 is 0 Å². The molecule has 0 unspecified atom stereocenters. The van der Waals surface area contributed by atoms with Gasteiger partial charge in [-0.2, -0.15) is 0 Å². The molecule has 0 spiro atoms. The Balaban J connectivity index is 0.000000131. The van der Waals surface area contributed by atoms with Crippen molar-refractivity contribution in [2.45, 2.75) is 0 Å². The number of aromatic nitrogens is 4. The molecular formula is C120H72N4O2. The number of furan rings is 2. The largest absolute Gasteiger partial charge is 0.455 e. The summed E-state index contributed by atoms with van der Waals surface area (Å²) in [5.41, 5.74) is 26.9. The van der Waals surface area contributed by atoms with Crippen molar-refractivity contribution in [3.63, 3.8) is 0 Å². The van der Waals surface area contributed by atoms with Crippen LogP contribution in [0.1, 0.15) is 0 Å². The minimum Gasteiger partial charge on any atom is -0.455 e. The molecule has 0 saturated heterocycles. The maximum absolute atomic E-state index is 6.80. The molecule has 6 nitrogen and oxygen atoms in total. The topological polar surface area (TPSA) is 46.0 Å². The lowest BCUT2D eigenvalue weighted by Crippen LogP contribution is -1.95. The van der Waals surface area contributed by atoms with Crippen molar-refractivity contribution in [3.8, 4) is 67.3 Å². The van der Waals surface area contributed by atoms with Crippen LogP contribution in [0, 0.1) is 0 Å². The van der Waals surface area contributed by atoms with E-state index in [2.05, 4.69) is 455 Å². The Bertz CT molecular complexity index is 9360. The molecule has 126 heavy (non-hydrogen) atoms. The zero-order valence-corrected chi connectivity index (χ0v) is 68.2. The van der Waals surface area contributed by atoms with E-state index in [-0.39, 0.29) is 0 Å². The molecule has 22 aromatic carbocycles. The first-order chi connectivity index (χ1) is 62.5. The highest BCUT2D eigenvalue weighted by molar-refractivity contribution is 6.34. The van der Waals surface area contributed by atoms with Crippen molar-refractivity contribution >= 4 is 196 Å². The summed E-state index contributed by atoms with van der Waals surface area (Å²) in [6.07, 6.45) is 0. The molecule has 28 aromatic rings. The van der Waals surface area contributed by atoms with Crippen molar-refractivity contribution < 1.29 is 8.83 Å². The summed E-state index contributed by atoms with van der Waals surface area (Å²) >= 11 is 0. The van der Waals surface area contributed by atoms with Crippen LogP contribution in [0.4, 0.5) is 0 Å². The maximum atomic E-state index is 6.80. The molecule has 0 aliphatic rings. The number of nitrogens with zero attached hydrogens (tertiary/aromatic N) is 4. The number of hydrogen-bond acceptors (Lipinski definition) is 2. The van der Waals surface area contributed by atoms with Crippen LogP contribution in [0.15, 0.2) is 446 Å². The second kappa shape index (κ2) is 27.4. The molecule has 0 N–H and O–H groups in total. The molecular weight excluding hydrogens is 1530 g/mol. The van der Waals surface area contributed by atoms with Crippen molar-refractivity contribution in [2.24, 2.45) is 0 Å². The zero-order valence-electron chi connectivity index (χ0n) is 68.2. The van der Waals surface area contributed by atoms with E-state index in [1.807, 2.05) is 0 Å². The van der Waals surface area contributed by atoms with Crippen LogP contribution in [0.3, 0.4) is 0 Å². The first-order valence-electron chi connectivity index (χ1n) is 43.3. The van der Waals surface area contributed by atoms with Crippen molar-refractivity contribution in [3.05, 3.63) is 437 Å². The second-order valence-electron chi connectivity index (χ2n) is 33.6. The fraction of sp³-hybridized carbons (Fsp3) is 0. The molecule has 0 aliphatic heterocycles. The molecule has 28 rings (SSSR count). The van der Waals surface area contributed by atoms with Crippen LogP contribution in [-0.4, -0.2) is 18.3 Å². The number of para-hydroxylation sites is 4. The molecule has 0 aliphatic carbocycles. The van der Waals surface area contributed by atoms with Gasteiger partial charge < -0.3 is 27.1 Å². The molecule has 584 valence electrons. The fourth-order valence-corrected chi connectivity index (χ4v) is 21.4. The average molecular weight is 1600 g/mol. The highest BCUT2D eigenvalue weighted by Gasteiger charge is 2.28. The molecule has 0 fully saturated rings. The summed E-state index contributed by atoms with van der Waals surface area (Å²) in [6.45, 7) is 0. The predicted octanol–water partition coefficient (Wildman–Crippen LogP) is 33.1. The summed E-state index contributed by atoms with van der Waals surface area (Å²) < 4.78 is 23.4. The molecule has 0 bridgehead atoms. The fourth-order valence-electron chi connectivity index (χ4n) is 21.4. The Labute approximate surface area is 721 Å². The Kier molecular flexibility index (Phi) is 15.2. The van der Waals surface area contributed by atoms with Gasteiger partial charge in [0.15, 0.2) is 0 Å². The summed E-state index contributed by atoms with van der Waals surface area (Å²) in [7, 11) is 0. The first kappa shape index (κ1) is 69.9. The summed E-state index contributed by atoms with van der Waals surface area (Å²) in [5, 5.41) is 29.4. The van der Waals surface area contributed by atoms with E-state index in [4.69, 9.17) is 8.83 Å². The second-order valence-corrected chi connectivity index (χ2v) is 33.6. The van der Waals surface area contributed by atoms with Gasteiger partial charge in [0.25, 0.3) is 0 Å². The quantitative estimate of drug-likeness (QED) is 0.142. The van der Waals surface area contributed by atoms with Crippen molar-refractivity contribution in [1.82, 2.24) is 18.3 Å². The highest BCUT2D eigenvalue weighted by atomic mass is 16.3. The monoisotopic (exact) mass is 1600 g/mol. The van der Waals surface area contributed by atoms with Crippen molar-refractivity contribution in [1.29, 1.82) is 0 Å². The van der Waals surface area contributed by atoms with Gasteiger partial charge in [-0.25, -0.2) is 0 Å². The van der Waals surface area contributed by atoms with Gasteiger partial charge in [-0.1, -0.05) is 303 Å². The number of benzene rings is 22. The van der Waals surface area contributed by atoms with E-state index >= 15 is 0 Å². The Morgan fingerprint density at radius 2 is 0.373 bits per heavy atom. The van der Waals surface area contributed by atoms with Gasteiger partial charge in [-0.15, -0.1) is 0 Å². The predicted molar refractivity (Wildman–Crippen MR) is 532 cm³/mol. The zero-order chi connectivity index (χ0) is 82.3. The minimum atomic E-state index is 0.901. The lowest BCUT2D eigenvalue weighted by atomic mass is 9.92. The van der Waals surface area contributed by atoms with Gasteiger partial charge in [-0.05, 0) is 243 Å². The normalized spacial score (nSPS) is 12.1. The van der Waals surface area contributed by atoms with Crippen LogP contribution in [0.2, 0.25) is 0 Å².